The number of aliphatic hydroxyl groups excluding tert-OH is 2. The van der Waals surface area contributed by atoms with Crippen LogP contribution in [0.5, 0.6) is 0 Å². The molecule has 0 radical (unpaired) electrons. The lowest BCUT2D eigenvalue weighted by atomic mass is 9.46. The van der Waals surface area contributed by atoms with Crippen LogP contribution in [0, 0.1) is 34.5 Å². The van der Waals surface area contributed by atoms with Crippen molar-refractivity contribution in [2.24, 2.45) is 34.5 Å². The van der Waals surface area contributed by atoms with Gasteiger partial charge in [-0.3, -0.25) is 14.4 Å². The molecule has 1 aromatic heterocycles. The number of nitrogens with zero attached hydrogens (tertiary/aromatic N) is 1. The predicted molar refractivity (Wildman–Crippen MR) is 122 cm³/mol. The van der Waals surface area contributed by atoms with E-state index >= 15 is 0 Å². The van der Waals surface area contributed by atoms with E-state index in [-0.39, 0.29) is 40.7 Å². The van der Waals surface area contributed by atoms with Crippen LogP contribution in [0.4, 0.5) is 0 Å². The van der Waals surface area contributed by atoms with Crippen LogP contribution in [0.2, 0.25) is 0 Å². The van der Waals surface area contributed by atoms with Crippen molar-refractivity contribution in [3.05, 3.63) is 48.0 Å². The van der Waals surface area contributed by atoms with E-state index in [9.17, 15) is 19.8 Å². The van der Waals surface area contributed by atoms with Crippen LogP contribution >= 0.6 is 0 Å². The molecule has 1 saturated heterocycles. The minimum absolute atomic E-state index is 0.00272. The van der Waals surface area contributed by atoms with Crippen molar-refractivity contribution in [3.8, 4) is 0 Å². The third kappa shape index (κ3) is 2.78. The van der Waals surface area contributed by atoms with Crippen LogP contribution in [0.25, 0.3) is 0 Å². The molecule has 4 aliphatic carbocycles. The van der Waals surface area contributed by atoms with Gasteiger partial charge in [-0.2, -0.15) is 5.06 Å². The van der Waals surface area contributed by atoms with E-state index in [1.54, 1.807) is 24.7 Å². The van der Waals surface area contributed by atoms with Crippen molar-refractivity contribution in [1.82, 2.24) is 5.06 Å². The maximum absolute atomic E-state index is 13.5. The van der Waals surface area contributed by atoms with Crippen molar-refractivity contribution in [1.29, 1.82) is 0 Å². The highest BCUT2D eigenvalue weighted by molar-refractivity contribution is 6.01. The Morgan fingerprint density at radius 3 is 2.88 bits per heavy atom. The second kappa shape index (κ2) is 7.47. The van der Waals surface area contributed by atoms with Gasteiger partial charge in [0.2, 0.25) is 0 Å². The molecular weight excluding hydrogens is 434 g/mol. The van der Waals surface area contributed by atoms with Crippen molar-refractivity contribution in [2.45, 2.75) is 57.8 Å². The van der Waals surface area contributed by atoms with Crippen molar-refractivity contribution in [2.75, 3.05) is 13.2 Å². The zero-order valence-corrected chi connectivity index (χ0v) is 19.8. The first kappa shape index (κ1) is 22.4. The van der Waals surface area contributed by atoms with Gasteiger partial charge in [-0.25, -0.2) is 0 Å². The summed E-state index contributed by atoms with van der Waals surface area (Å²) < 4.78 is 5.20. The number of hydrogen-bond acceptors (Lipinski definition) is 7. The number of furan rings is 1. The normalized spacial score (nSPS) is 45.4. The Morgan fingerprint density at radius 1 is 1.32 bits per heavy atom. The van der Waals surface area contributed by atoms with Gasteiger partial charge in [-0.1, -0.05) is 25.5 Å². The van der Waals surface area contributed by atoms with Gasteiger partial charge in [0.05, 0.1) is 25.2 Å². The first-order chi connectivity index (χ1) is 16.2. The Kier molecular flexibility index (Phi) is 4.92. The van der Waals surface area contributed by atoms with Gasteiger partial charge in [-0.15, -0.1) is 0 Å². The molecule has 34 heavy (non-hydrogen) atoms. The molecule has 7 nitrogen and oxygen atoms in total. The molecule has 2 N–H and O–H groups in total. The predicted octanol–water partition coefficient (Wildman–Crippen LogP) is 2.83. The Morgan fingerprint density at radius 2 is 2.15 bits per heavy atom. The molecule has 182 valence electrons. The van der Waals surface area contributed by atoms with E-state index in [1.807, 2.05) is 17.2 Å². The third-order valence-electron chi connectivity index (χ3n) is 10.0. The highest BCUT2D eigenvalue weighted by atomic mass is 16.7. The zero-order valence-electron chi connectivity index (χ0n) is 19.8. The summed E-state index contributed by atoms with van der Waals surface area (Å²) in [6.07, 6.45) is 11.0. The van der Waals surface area contributed by atoms with Crippen LogP contribution in [-0.2, 0) is 21.0 Å². The molecule has 0 spiro atoms. The highest BCUT2D eigenvalue weighted by Crippen LogP contribution is 2.70. The summed E-state index contributed by atoms with van der Waals surface area (Å²) in [5.74, 6) is 0.101. The average Bonchev–Trinajstić information content (AvgIpc) is 3.49. The van der Waals surface area contributed by atoms with E-state index < -0.39 is 23.7 Å². The van der Waals surface area contributed by atoms with Gasteiger partial charge in [-0.05, 0) is 55.7 Å². The largest absolute Gasteiger partial charge is 0.472 e. The monoisotopic (exact) mass is 467 g/mol. The summed E-state index contributed by atoms with van der Waals surface area (Å²) in [5.41, 5.74) is 0.00493. The number of carbonyl (C=O) groups excluding carboxylic acids is 2. The van der Waals surface area contributed by atoms with Crippen LogP contribution in [0.15, 0.2) is 46.8 Å². The summed E-state index contributed by atoms with van der Waals surface area (Å²) in [6, 6.07) is 1.88. The SMILES string of the molecule is C[C@]12C=CC(=O)C=C1CC[C@@H]1[C@@H]2[C@@H](O)C[C@@]2(C)[C@H]1C[C@H]1CN(Cc3ccoc3)O[C@]12C(=O)CO. The topological polar surface area (TPSA) is 100 Å². The summed E-state index contributed by atoms with van der Waals surface area (Å²) in [7, 11) is 0. The van der Waals surface area contributed by atoms with E-state index in [2.05, 4.69) is 13.8 Å². The van der Waals surface area contributed by atoms with E-state index in [0.717, 1.165) is 30.4 Å². The van der Waals surface area contributed by atoms with Gasteiger partial charge >= 0.3 is 0 Å². The lowest BCUT2D eigenvalue weighted by molar-refractivity contribution is -0.254. The Hall–Kier alpha value is -2.06. The highest BCUT2D eigenvalue weighted by Gasteiger charge is 2.75. The number of aliphatic hydroxyl groups is 2. The summed E-state index contributed by atoms with van der Waals surface area (Å²) in [5, 5.41) is 23.5. The minimum Gasteiger partial charge on any atom is -0.472 e. The Balaban J connectivity index is 1.37. The summed E-state index contributed by atoms with van der Waals surface area (Å²) in [6.45, 7) is 4.79. The fourth-order valence-electron chi connectivity index (χ4n) is 8.74. The first-order valence-electron chi connectivity index (χ1n) is 12.4. The van der Waals surface area contributed by atoms with Crippen molar-refractivity contribution < 1.29 is 29.1 Å². The number of hydrogen-bond donors (Lipinski definition) is 2. The third-order valence-corrected chi connectivity index (χ3v) is 10.0. The lowest BCUT2D eigenvalue weighted by Gasteiger charge is -2.59. The van der Waals surface area contributed by atoms with E-state index in [1.165, 1.54) is 0 Å². The van der Waals surface area contributed by atoms with Gasteiger partial charge in [0.15, 0.2) is 17.2 Å². The molecule has 7 heteroatoms. The lowest BCUT2D eigenvalue weighted by Crippen LogP contribution is -2.63. The number of ketones is 2. The van der Waals surface area contributed by atoms with Gasteiger partial charge in [0.25, 0.3) is 0 Å². The summed E-state index contributed by atoms with van der Waals surface area (Å²) in [4.78, 5) is 32.1. The molecule has 1 aromatic rings. The molecular formula is C27H33NO6. The Labute approximate surface area is 199 Å². The molecule has 3 saturated carbocycles. The molecule has 1 aliphatic heterocycles. The molecule has 0 unspecified atom stereocenters. The minimum atomic E-state index is -1.14. The first-order valence-corrected chi connectivity index (χ1v) is 12.4. The van der Waals surface area contributed by atoms with Crippen LogP contribution in [-0.4, -0.2) is 51.7 Å². The zero-order chi connectivity index (χ0) is 23.9. The number of hydroxylamine groups is 2. The fourth-order valence-corrected chi connectivity index (χ4v) is 8.74. The van der Waals surface area contributed by atoms with Crippen molar-refractivity contribution >= 4 is 11.6 Å². The second-order valence-corrected chi connectivity index (χ2v) is 11.5. The number of fused-ring (bicyclic) bond motifs is 7. The molecule has 0 aromatic carbocycles. The molecule has 0 amide bonds. The van der Waals surface area contributed by atoms with E-state index in [0.29, 0.717) is 19.5 Å². The standard InChI is InChI=1S/C27H33NO6/c1-25-7-5-19(30)9-17(25)3-4-20-21-10-18-13-28(12-16-6-8-33-15-16)34-27(18,23(32)14-29)26(21,2)11-22(31)24(20)25/h5-9,15,18,20-22,24,29,31H,3-4,10-14H2,1-2H3/t18-,20-,21-,22-,24+,25-,26-,27-/m0/s1. The quantitative estimate of drug-likeness (QED) is 0.702. The smallest absolute Gasteiger partial charge is 0.192 e. The molecule has 0 bridgehead atoms. The van der Waals surface area contributed by atoms with Crippen LogP contribution < -0.4 is 0 Å². The number of rotatable bonds is 4. The van der Waals surface area contributed by atoms with Gasteiger partial charge in [0.1, 0.15) is 6.61 Å². The average molecular weight is 468 g/mol. The molecule has 2 heterocycles. The molecule has 5 aliphatic rings. The van der Waals surface area contributed by atoms with E-state index in [4.69, 9.17) is 9.25 Å². The summed E-state index contributed by atoms with van der Waals surface area (Å²) >= 11 is 0. The molecule has 6 rings (SSSR count). The second-order valence-electron chi connectivity index (χ2n) is 11.5. The number of allylic oxidation sites excluding steroid dienone is 4. The van der Waals surface area contributed by atoms with Gasteiger partial charge < -0.3 is 14.6 Å². The molecule has 8 atom stereocenters. The molecule has 4 fully saturated rings. The maximum atomic E-state index is 13.5. The fraction of sp³-hybridized carbons (Fsp3) is 0.630. The van der Waals surface area contributed by atoms with Crippen LogP contribution in [0.3, 0.4) is 0 Å². The van der Waals surface area contributed by atoms with Gasteiger partial charge in [0, 0.05) is 34.8 Å². The maximum Gasteiger partial charge on any atom is 0.192 e. The van der Waals surface area contributed by atoms with Crippen molar-refractivity contribution in [3.63, 3.8) is 0 Å². The Bertz CT molecular complexity index is 1080. The number of carbonyl (C=O) groups is 2. The van der Waals surface area contributed by atoms with Crippen LogP contribution in [0.1, 0.15) is 45.1 Å². The number of Topliss-reactive ketones (excluding diaryl/α,β-unsaturated/α-hetero) is 1.